The van der Waals surface area contributed by atoms with Gasteiger partial charge in [-0.05, 0) is 38.1 Å². The molecule has 2 heterocycles. The Morgan fingerprint density at radius 2 is 2.03 bits per heavy atom. The van der Waals surface area contributed by atoms with E-state index in [9.17, 15) is 0 Å². The van der Waals surface area contributed by atoms with Gasteiger partial charge in [0.15, 0.2) is 5.96 Å². The summed E-state index contributed by atoms with van der Waals surface area (Å²) < 4.78 is 7.87. The van der Waals surface area contributed by atoms with Crippen LogP contribution >= 0.6 is 0 Å². The third-order valence-electron chi connectivity index (χ3n) is 5.43. The molecule has 0 radical (unpaired) electrons. The van der Waals surface area contributed by atoms with Gasteiger partial charge in [-0.3, -0.25) is 9.89 Å². The van der Waals surface area contributed by atoms with Crippen molar-refractivity contribution >= 4 is 5.96 Å². The number of benzene rings is 1. The van der Waals surface area contributed by atoms with Crippen molar-refractivity contribution in [2.75, 3.05) is 39.3 Å². The zero-order valence-electron chi connectivity index (χ0n) is 18.3. The Hall–Kier alpha value is -2.61. The fourth-order valence-electron chi connectivity index (χ4n) is 3.78. The molecule has 1 aliphatic rings. The van der Waals surface area contributed by atoms with Gasteiger partial charge in [0.1, 0.15) is 24.5 Å². The van der Waals surface area contributed by atoms with E-state index >= 15 is 0 Å². The fraction of sp³-hybridized carbons (Fsp3) is 0.591. The molecule has 164 valence electrons. The summed E-state index contributed by atoms with van der Waals surface area (Å²) in [5.41, 5.74) is 0. The van der Waals surface area contributed by atoms with E-state index in [1.54, 1.807) is 6.33 Å². The Morgan fingerprint density at radius 3 is 2.83 bits per heavy atom. The maximum atomic E-state index is 5.79. The molecule has 1 atom stereocenters. The molecule has 0 aliphatic carbocycles. The molecule has 1 aliphatic heterocycles. The topological polar surface area (TPSA) is 79.6 Å². The predicted octanol–water partition coefficient (Wildman–Crippen LogP) is 1.94. The van der Waals surface area contributed by atoms with Crippen molar-refractivity contribution in [3.05, 3.63) is 42.5 Å². The van der Waals surface area contributed by atoms with Crippen LogP contribution in [-0.4, -0.2) is 71.0 Å². The van der Waals surface area contributed by atoms with E-state index in [0.717, 1.165) is 50.1 Å². The summed E-state index contributed by atoms with van der Waals surface area (Å²) in [6.45, 7) is 10.3. The lowest BCUT2D eigenvalue weighted by atomic mass is 10.2. The fourth-order valence-corrected chi connectivity index (χ4v) is 3.78. The van der Waals surface area contributed by atoms with E-state index in [1.165, 1.54) is 19.4 Å². The van der Waals surface area contributed by atoms with E-state index in [0.29, 0.717) is 19.2 Å². The molecule has 0 saturated carbocycles. The number of para-hydroxylation sites is 1. The van der Waals surface area contributed by atoms with Crippen molar-refractivity contribution in [1.29, 1.82) is 0 Å². The zero-order chi connectivity index (χ0) is 21.0. The maximum Gasteiger partial charge on any atom is 0.191 e. The highest BCUT2D eigenvalue weighted by atomic mass is 16.5. The molecule has 0 amide bonds. The molecular formula is C22H35N7O. The number of nitrogens with zero attached hydrogens (tertiary/aromatic N) is 5. The molecule has 1 aromatic heterocycles. The number of aromatic nitrogens is 3. The summed E-state index contributed by atoms with van der Waals surface area (Å²) in [6.07, 6.45) is 5.16. The lowest BCUT2D eigenvalue weighted by molar-refractivity contribution is 0.272. The molecule has 2 N–H and O–H groups in total. The molecule has 2 aromatic rings. The predicted molar refractivity (Wildman–Crippen MR) is 120 cm³/mol. The lowest BCUT2D eigenvalue weighted by Crippen LogP contribution is -2.42. The molecule has 1 fully saturated rings. The average Bonchev–Trinajstić information content (AvgIpc) is 3.43. The molecular weight excluding hydrogens is 378 g/mol. The summed E-state index contributed by atoms with van der Waals surface area (Å²) in [5, 5.41) is 15.0. The first-order valence-corrected chi connectivity index (χ1v) is 11.1. The minimum Gasteiger partial charge on any atom is -0.492 e. The number of hydrogen-bond donors (Lipinski definition) is 2. The van der Waals surface area contributed by atoms with Gasteiger partial charge in [-0.1, -0.05) is 32.0 Å². The Bertz CT molecular complexity index is 762. The first-order chi connectivity index (χ1) is 14.8. The van der Waals surface area contributed by atoms with Gasteiger partial charge in [0.05, 0.1) is 13.1 Å². The lowest BCUT2D eigenvalue weighted by Gasteiger charge is -2.21. The number of nitrogens with one attached hydrogen (secondary N) is 2. The molecule has 30 heavy (non-hydrogen) atoms. The maximum absolute atomic E-state index is 5.79. The van der Waals surface area contributed by atoms with Crippen LogP contribution in [0.25, 0.3) is 0 Å². The average molecular weight is 414 g/mol. The molecule has 1 aromatic carbocycles. The summed E-state index contributed by atoms with van der Waals surface area (Å²) in [4.78, 5) is 7.38. The Kier molecular flexibility index (Phi) is 8.96. The van der Waals surface area contributed by atoms with Gasteiger partial charge in [-0.25, -0.2) is 0 Å². The molecule has 0 spiro atoms. The molecule has 8 nitrogen and oxygen atoms in total. The molecule has 0 bridgehead atoms. The van der Waals surface area contributed by atoms with E-state index in [4.69, 9.17) is 9.73 Å². The minimum atomic E-state index is 0.540. The van der Waals surface area contributed by atoms with E-state index < -0.39 is 0 Å². The Morgan fingerprint density at radius 1 is 1.20 bits per heavy atom. The monoisotopic (exact) mass is 413 g/mol. The van der Waals surface area contributed by atoms with Gasteiger partial charge >= 0.3 is 0 Å². The van der Waals surface area contributed by atoms with Crippen LogP contribution in [0.15, 0.2) is 41.7 Å². The smallest absolute Gasteiger partial charge is 0.191 e. The molecule has 1 unspecified atom stereocenters. The molecule has 8 heteroatoms. The van der Waals surface area contributed by atoms with Crippen LogP contribution in [0.5, 0.6) is 5.75 Å². The molecule has 1 saturated heterocycles. The summed E-state index contributed by atoms with van der Waals surface area (Å²) in [5.74, 6) is 2.72. The SMILES string of the molecule is CCc1nncn1CCNC(=NCC1CCCN1CC)NCCOc1ccccc1. The second kappa shape index (κ2) is 12.2. The van der Waals surface area contributed by atoms with Crippen LogP contribution in [0.1, 0.15) is 32.5 Å². The van der Waals surface area contributed by atoms with Gasteiger partial charge in [0.25, 0.3) is 0 Å². The first-order valence-electron chi connectivity index (χ1n) is 11.1. The van der Waals surface area contributed by atoms with Crippen molar-refractivity contribution in [3.8, 4) is 5.75 Å². The van der Waals surface area contributed by atoms with Crippen LogP contribution < -0.4 is 15.4 Å². The number of hydrogen-bond acceptors (Lipinski definition) is 5. The van der Waals surface area contributed by atoms with Crippen LogP contribution in [0.2, 0.25) is 0 Å². The largest absolute Gasteiger partial charge is 0.492 e. The third-order valence-corrected chi connectivity index (χ3v) is 5.43. The Labute approximate surface area is 179 Å². The number of guanidine groups is 1. The quantitative estimate of drug-likeness (QED) is 0.333. The van der Waals surface area contributed by atoms with Gasteiger partial charge in [-0.15, -0.1) is 10.2 Å². The number of ether oxygens (including phenoxy) is 1. The van der Waals surface area contributed by atoms with Crippen molar-refractivity contribution in [2.45, 2.75) is 45.7 Å². The van der Waals surface area contributed by atoms with Crippen molar-refractivity contribution < 1.29 is 4.74 Å². The summed E-state index contributed by atoms with van der Waals surface area (Å²) in [7, 11) is 0. The first kappa shape index (κ1) is 22.1. The van der Waals surface area contributed by atoms with Crippen LogP contribution in [-0.2, 0) is 13.0 Å². The summed E-state index contributed by atoms with van der Waals surface area (Å²) >= 11 is 0. The highest BCUT2D eigenvalue weighted by Crippen LogP contribution is 2.16. The van der Waals surface area contributed by atoms with Crippen LogP contribution in [0.3, 0.4) is 0 Å². The highest BCUT2D eigenvalue weighted by Gasteiger charge is 2.22. The van der Waals surface area contributed by atoms with Crippen molar-refractivity contribution in [1.82, 2.24) is 30.3 Å². The number of likely N-dealkylation sites (tertiary alicyclic amines) is 1. The van der Waals surface area contributed by atoms with Gasteiger partial charge in [0, 0.05) is 25.6 Å². The Balaban J connectivity index is 1.50. The molecule has 3 rings (SSSR count). The number of likely N-dealkylation sites (N-methyl/N-ethyl adjacent to an activating group) is 1. The second-order valence-electron chi connectivity index (χ2n) is 7.42. The van der Waals surface area contributed by atoms with Gasteiger partial charge in [-0.2, -0.15) is 0 Å². The summed E-state index contributed by atoms with van der Waals surface area (Å²) in [6, 6.07) is 10.4. The number of aryl methyl sites for hydroxylation is 1. The van der Waals surface area contributed by atoms with Gasteiger partial charge < -0.3 is 19.9 Å². The highest BCUT2D eigenvalue weighted by molar-refractivity contribution is 5.79. The number of aliphatic imine (C=N–C) groups is 1. The normalized spacial score (nSPS) is 17.3. The van der Waals surface area contributed by atoms with Crippen LogP contribution in [0.4, 0.5) is 0 Å². The van der Waals surface area contributed by atoms with E-state index in [1.807, 2.05) is 30.3 Å². The third kappa shape index (κ3) is 6.73. The standard InChI is InChI=1S/C22H35N7O/c1-3-21-27-26-18-29(21)15-12-23-22(25-17-19-9-8-14-28(19)4-2)24-13-16-30-20-10-6-5-7-11-20/h5-7,10-11,18-19H,3-4,8-9,12-17H2,1-2H3,(H2,23,24,25). The minimum absolute atomic E-state index is 0.540. The van der Waals surface area contributed by atoms with E-state index in [-0.39, 0.29) is 0 Å². The zero-order valence-corrected chi connectivity index (χ0v) is 18.3. The second-order valence-corrected chi connectivity index (χ2v) is 7.42. The van der Waals surface area contributed by atoms with Crippen molar-refractivity contribution in [2.24, 2.45) is 4.99 Å². The van der Waals surface area contributed by atoms with Gasteiger partial charge in [0.2, 0.25) is 0 Å². The van der Waals surface area contributed by atoms with E-state index in [2.05, 4.69) is 44.1 Å². The van der Waals surface area contributed by atoms with Crippen LogP contribution in [0, 0.1) is 0 Å². The number of rotatable bonds is 11. The van der Waals surface area contributed by atoms with Crippen molar-refractivity contribution in [3.63, 3.8) is 0 Å².